The summed E-state index contributed by atoms with van der Waals surface area (Å²) >= 11 is 4.91. The number of benzene rings is 1. The number of piperazine rings is 1. The minimum Gasteiger partial charge on any atom is -0.392 e. The molecular weight excluding hydrogens is 270 g/mol. The molecule has 0 aliphatic carbocycles. The summed E-state index contributed by atoms with van der Waals surface area (Å²) in [5.74, 6) is 0.200. The Bertz CT molecular complexity index is 496. The first kappa shape index (κ1) is 14.9. The maximum Gasteiger partial charge on any atom is 0.227 e. The van der Waals surface area contributed by atoms with Crippen LogP contribution in [-0.2, 0) is 11.2 Å². The van der Waals surface area contributed by atoms with E-state index in [9.17, 15) is 4.79 Å². The Morgan fingerprint density at radius 1 is 1.30 bits per heavy atom. The molecule has 1 heterocycles. The number of amides is 1. The molecule has 0 spiro atoms. The zero-order valence-electron chi connectivity index (χ0n) is 11.8. The van der Waals surface area contributed by atoms with Crippen molar-refractivity contribution in [1.29, 1.82) is 0 Å². The average molecular weight is 291 g/mol. The van der Waals surface area contributed by atoms with Crippen LogP contribution in [0.25, 0.3) is 0 Å². The van der Waals surface area contributed by atoms with Crippen LogP contribution in [0.2, 0.25) is 0 Å². The molecule has 4 nitrogen and oxygen atoms in total. The predicted octanol–water partition coefficient (Wildman–Crippen LogP) is 0.968. The van der Waals surface area contributed by atoms with E-state index in [1.54, 1.807) is 0 Å². The van der Waals surface area contributed by atoms with Crippen LogP contribution in [0.4, 0.5) is 0 Å². The number of rotatable bonds is 4. The first-order valence-electron chi connectivity index (χ1n) is 6.88. The minimum absolute atomic E-state index is 0.200. The Hall–Kier alpha value is -1.46. The second kappa shape index (κ2) is 6.81. The van der Waals surface area contributed by atoms with Gasteiger partial charge in [-0.1, -0.05) is 42.0 Å². The van der Waals surface area contributed by atoms with Gasteiger partial charge in [-0.25, -0.2) is 0 Å². The molecule has 0 radical (unpaired) electrons. The molecule has 0 atom stereocenters. The van der Waals surface area contributed by atoms with Crippen molar-refractivity contribution in [3.05, 3.63) is 35.4 Å². The molecule has 20 heavy (non-hydrogen) atoms. The van der Waals surface area contributed by atoms with Gasteiger partial charge in [0.15, 0.2) is 0 Å². The fraction of sp³-hybridized carbons (Fsp3) is 0.467. The summed E-state index contributed by atoms with van der Waals surface area (Å²) in [5, 5.41) is 0. The molecule has 0 saturated carbocycles. The van der Waals surface area contributed by atoms with Crippen LogP contribution in [0.15, 0.2) is 24.3 Å². The van der Waals surface area contributed by atoms with E-state index in [-0.39, 0.29) is 5.91 Å². The Labute approximate surface area is 125 Å². The lowest BCUT2D eigenvalue weighted by Gasteiger charge is -2.34. The average Bonchev–Trinajstić information content (AvgIpc) is 2.38. The Kier molecular flexibility index (Phi) is 5.09. The fourth-order valence-corrected chi connectivity index (χ4v) is 2.67. The van der Waals surface area contributed by atoms with Crippen molar-refractivity contribution in [1.82, 2.24) is 9.80 Å². The third kappa shape index (κ3) is 4.28. The number of thiocarbonyl (C=S) groups is 1. The molecule has 1 aromatic rings. The summed E-state index contributed by atoms with van der Waals surface area (Å²) in [6.07, 6.45) is 0.483. The molecule has 2 rings (SSSR count). The number of carbonyl (C=O) groups excluding carboxylic acids is 1. The quantitative estimate of drug-likeness (QED) is 0.840. The largest absolute Gasteiger partial charge is 0.392 e. The van der Waals surface area contributed by atoms with E-state index in [0.29, 0.717) is 18.0 Å². The van der Waals surface area contributed by atoms with Crippen molar-refractivity contribution in [3.63, 3.8) is 0 Å². The molecule has 1 fully saturated rings. The number of aryl methyl sites for hydroxylation is 1. The zero-order valence-corrected chi connectivity index (χ0v) is 12.7. The van der Waals surface area contributed by atoms with Crippen molar-refractivity contribution in [2.75, 3.05) is 32.7 Å². The van der Waals surface area contributed by atoms with Gasteiger partial charge >= 0.3 is 0 Å². The van der Waals surface area contributed by atoms with Crippen molar-refractivity contribution >= 4 is 23.1 Å². The van der Waals surface area contributed by atoms with Crippen LogP contribution >= 0.6 is 12.2 Å². The van der Waals surface area contributed by atoms with Crippen molar-refractivity contribution in [2.45, 2.75) is 13.3 Å². The van der Waals surface area contributed by atoms with E-state index in [1.807, 2.05) is 30.0 Å². The Morgan fingerprint density at radius 3 is 2.60 bits per heavy atom. The molecule has 1 aliphatic heterocycles. The highest BCUT2D eigenvalue weighted by Crippen LogP contribution is 2.08. The van der Waals surface area contributed by atoms with Crippen molar-refractivity contribution in [2.24, 2.45) is 5.73 Å². The highest BCUT2D eigenvalue weighted by Gasteiger charge is 2.21. The van der Waals surface area contributed by atoms with Gasteiger partial charge in [0.1, 0.15) is 0 Å². The van der Waals surface area contributed by atoms with Crippen molar-refractivity contribution in [3.8, 4) is 0 Å². The first-order valence-corrected chi connectivity index (χ1v) is 7.29. The predicted molar refractivity (Wildman–Crippen MR) is 84.7 cm³/mol. The van der Waals surface area contributed by atoms with Gasteiger partial charge in [-0.15, -0.1) is 0 Å². The second-order valence-corrected chi connectivity index (χ2v) is 5.81. The van der Waals surface area contributed by atoms with E-state index < -0.39 is 0 Å². The molecule has 1 saturated heterocycles. The van der Waals surface area contributed by atoms with E-state index in [4.69, 9.17) is 18.0 Å². The highest BCUT2D eigenvalue weighted by molar-refractivity contribution is 7.80. The summed E-state index contributed by atoms with van der Waals surface area (Å²) in [6.45, 7) is 5.89. The molecule has 0 aromatic heterocycles. The maximum absolute atomic E-state index is 12.3. The summed E-state index contributed by atoms with van der Waals surface area (Å²) in [7, 11) is 0. The number of nitrogens with zero attached hydrogens (tertiary/aromatic N) is 2. The molecule has 5 heteroatoms. The number of hydrogen-bond acceptors (Lipinski definition) is 3. The summed E-state index contributed by atoms with van der Waals surface area (Å²) in [4.78, 5) is 16.9. The maximum atomic E-state index is 12.3. The summed E-state index contributed by atoms with van der Waals surface area (Å²) in [5.41, 5.74) is 7.82. The normalized spacial score (nSPS) is 16.1. The molecule has 108 valence electrons. The van der Waals surface area contributed by atoms with Crippen LogP contribution in [0.5, 0.6) is 0 Å². The Morgan fingerprint density at radius 2 is 2.00 bits per heavy atom. The zero-order chi connectivity index (χ0) is 14.5. The van der Waals surface area contributed by atoms with Crippen LogP contribution in [0.3, 0.4) is 0 Å². The molecular formula is C15H21N3OS. The SMILES string of the molecule is Cc1cccc(CC(=O)N2CCN(CC(N)=S)CC2)c1. The highest BCUT2D eigenvalue weighted by atomic mass is 32.1. The van der Waals surface area contributed by atoms with Crippen LogP contribution in [0.1, 0.15) is 11.1 Å². The topological polar surface area (TPSA) is 49.6 Å². The fourth-order valence-electron chi connectivity index (χ4n) is 2.48. The van der Waals surface area contributed by atoms with Gasteiger partial charge in [-0.2, -0.15) is 0 Å². The van der Waals surface area contributed by atoms with Crippen LogP contribution in [-0.4, -0.2) is 53.4 Å². The molecule has 2 N–H and O–H groups in total. The van der Waals surface area contributed by atoms with Crippen LogP contribution in [0, 0.1) is 6.92 Å². The van der Waals surface area contributed by atoms with Gasteiger partial charge in [0.2, 0.25) is 5.91 Å². The lowest BCUT2D eigenvalue weighted by molar-refractivity contribution is -0.132. The Balaban J connectivity index is 1.84. The van der Waals surface area contributed by atoms with Gasteiger partial charge in [-0.3, -0.25) is 9.69 Å². The third-order valence-electron chi connectivity index (χ3n) is 3.54. The lowest BCUT2D eigenvalue weighted by Crippen LogP contribution is -2.50. The van der Waals surface area contributed by atoms with Gasteiger partial charge in [-0.05, 0) is 12.5 Å². The summed E-state index contributed by atoms with van der Waals surface area (Å²) < 4.78 is 0. The summed E-state index contributed by atoms with van der Waals surface area (Å²) in [6, 6.07) is 8.12. The first-order chi connectivity index (χ1) is 9.54. The van der Waals surface area contributed by atoms with E-state index in [0.717, 1.165) is 31.7 Å². The second-order valence-electron chi connectivity index (χ2n) is 5.29. The molecule has 0 unspecified atom stereocenters. The number of nitrogens with two attached hydrogens (primary N) is 1. The van der Waals surface area contributed by atoms with Gasteiger partial charge in [0, 0.05) is 32.7 Å². The molecule has 0 bridgehead atoms. The number of carbonyl (C=O) groups is 1. The van der Waals surface area contributed by atoms with Gasteiger partial charge in [0.25, 0.3) is 0 Å². The smallest absolute Gasteiger partial charge is 0.227 e. The van der Waals surface area contributed by atoms with Crippen LogP contribution < -0.4 is 5.73 Å². The van der Waals surface area contributed by atoms with Gasteiger partial charge in [0.05, 0.1) is 11.4 Å². The van der Waals surface area contributed by atoms with Crippen molar-refractivity contribution < 1.29 is 4.79 Å². The standard InChI is InChI=1S/C15H21N3OS/c1-12-3-2-4-13(9-12)10-15(19)18-7-5-17(6-8-18)11-14(16)20/h2-4,9H,5-8,10-11H2,1H3,(H2,16,20). The molecule has 1 aromatic carbocycles. The molecule has 1 aliphatic rings. The lowest BCUT2D eigenvalue weighted by atomic mass is 10.1. The van der Waals surface area contributed by atoms with E-state index >= 15 is 0 Å². The third-order valence-corrected chi connectivity index (χ3v) is 3.67. The van der Waals surface area contributed by atoms with E-state index in [2.05, 4.69) is 11.0 Å². The minimum atomic E-state index is 0.200. The molecule has 1 amide bonds. The number of hydrogen-bond donors (Lipinski definition) is 1. The monoisotopic (exact) mass is 291 g/mol. The van der Waals surface area contributed by atoms with E-state index in [1.165, 1.54) is 5.56 Å². The van der Waals surface area contributed by atoms with Gasteiger partial charge < -0.3 is 10.6 Å².